The van der Waals surface area contributed by atoms with Crippen LogP contribution in [-0.4, -0.2) is 24.7 Å². The van der Waals surface area contributed by atoms with Crippen LogP contribution in [0.1, 0.15) is 22.2 Å². The summed E-state index contributed by atoms with van der Waals surface area (Å²) in [5.41, 5.74) is 0.701. The van der Waals surface area contributed by atoms with Gasteiger partial charge in [0.15, 0.2) is 10.4 Å². The number of carbonyl (C=O) groups is 1. The molecule has 106 valence electrons. The van der Waals surface area contributed by atoms with Crippen molar-refractivity contribution in [3.8, 4) is 5.75 Å². The summed E-state index contributed by atoms with van der Waals surface area (Å²) in [5.74, 6) is 0.535. The number of benzene rings is 1. The normalized spacial score (nSPS) is 11.9. The Bertz CT molecular complexity index is 579. The molecule has 0 fully saturated rings. The van der Waals surface area contributed by atoms with E-state index >= 15 is 0 Å². The molecule has 2 aromatic rings. The number of hydrogen-bond acceptors (Lipinski definition) is 4. The van der Waals surface area contributed by atoms with E-state index in [-0.39, 0.29) is 18.2 Å². The van der Waals surface area contributed by atoms with E-state index in [4.69, 9.17) is 9.15 Å². The summed E-state index contributed by atoms with van der Waals surface area (Å²) >= 11 is 3.12. The van der Waals surface area contributed by atoms with Gasteiger partial charge in [-0.25, -0.2) is 0 Å². The molecule has 2 rings (SSSR count). The molecule has 1 aromatic heterocycles. The Morgan fingerprint density at radius 2 is 2.05 bits per heavy atom. The molecule has 5 nitrogen and oxygen atoms in total. The van der Waals surface area contributed by atoms with E-state index in [2.05, 4.69) is 21.2 Å². The summed E-state index contributed by atoms with van der Waals surface area (Å²) in [6, 6.07) is 10.2. The highest BCUT2D eigenvalue weighted by molar-refractivity contribution is 9.10. The van der Waals surface area contributed by atoms with Crippen molar-refractivity contribution in [3.63, 3.8) is 0 Å². The topological polar surface area (TPSA) is 71.7 Å². The summed E-state index contributed by atoms with van der Waals surface area (Å²) in [5, 5.41) is 12.6. The van der Waals surface area contributed by atoms with Gasteiger partial charge in [0, 0.05) is 6.54 Å². The van der Waals surface area contributed by atoms with Crippen molar-refractivity contribution < 1.29 is 19.1 Å². The summed E-state index contributed by atoms with van der Waals surface area (Å²) in [6.07, 6.45) is -0.789. The molecule has 1 aromatic carbocycles. The van der Waals surface area contributed by atoms with Gasteiger partial charge in [-0.2, -0.15) is 0 Å². The third-order valence-electron chi connectivity index (χ3n) is 2.75. The van der Waals surface area contributed by atoms with E-state index in [9.17, 15) is 9.90 Å². The lowest BCUT2D eigenvalue weighted by Gasteiger charge is -2.12. The Hall–Kier alpha value is -1.79. The van der Waals surface area contributed by atoms with Crippen molar-refractivity contribution in [1.29, 1.82) is 0 Å². The molecule has 0 bridgehead atoms. The Morgan fingerprint density at radius 1 is 1.35 bits per heavy atom. The molecule has 0 aliphatic carbocycles. The van der Waals surface area contributed by atoms with Crippen LogP contribution in [0.3, 0.4) is 0 Å². The minimum atomic E-state index is -0.789. The molecule has 0 spiro atoms. The molecule has 0 saturated heterocycles. The number of rotatable bonds is 5. The van der Waals surface area contributed by atoms with Gasteiger partial charge in [0.05, 0.1) is 13.2 Å². The van der Waals surface area contributed by atoms with Crippen molar-refractivity contribution in [1.82, 2.24) is 5.32 Å². The van der Waals surface area contributed by atoms with Gasteiger partial charge in [-0.15, -0.1) is 0 Å². The minimum Gasteiger partial charge on any atom is -0.497 e. The van der Waals surface area contributed by atoms with Crippen molar-refractivity contribution in [2.45, 2.75) is 6.10 Å². The van der Waals surface area contributed by atoms with Gasteiger partial charge in [0.2, 0.25) is 0 Å². The number of aliphatic hydroxyl groups excluding tert-OH is 1. The van der Waals surface area contributed by atoms with Crippen LogP contribution >= 0.6 is 15.9 Å². The van der Waals surface area contributed by atoms with Gasteiger partial charge >= 0.3 is 0 Å². The Morgan fingerprint density at radius 3 is 2.60 bits per heavy atom. The van der Waals surface area contributed by atoms with Crippen LogP contribution in [0.25, 0.3) is 0 Å². The monoisotopic (exact) mass is 339 g/mol. The zero-order valence-electron chi connectivity index (χ0n) is 10.8. The van der Waals surface area contributed by atoms with Gasteiger partial charge in [0.25, 0.3) is 5.91 Å². The van der Waals surface area contributed by atoms with E-state index in [0.29, 0.717) is 16.0 Å². The Balaban J connectivity index is 1.91. The van der Waals surface area contributed by atoms with Gasteiger partial charge in [-0.3, -0.25) is 4.79 Å². The van der Waals surface area contributed by atoms with Crippen LogP contribution in [0, 0.1) is 0 Å². The molecule has 0 aliphatic heterocycles. The van der Waals surface area contributed by atoms with Crippen LogP contribution in [0.4, 0.5) is 0 Å². The lowest BCUT2D eigenvalue weighted by atomic mass is 10.1. The zero-order chi connectivity index (χ0) is 14.5. The first-order valence-electron chi connectivity index (χ1n) is 5.95. The highest BCUT2D eigenvalue weighted by Gasteiger charge is 2.13. The molecule has 1 unspecified atom stereocenters. The van der Waals surface area contributed by atoms with Gasteiger partial charge in [0.1, 0.15) is 5.75 Å². The van der Waals surface area contributed by atoms with E-state index in [1.807, 2.05) is 0 Å². The fraction of sp³-hybridized carbons (Fsp3) is 0.214. The maximum absolute atomic E-state index is 11.7. The molecular weight excluding hydrogens is 326 g/mol. The summed E-state index contributed by atoms with van der Waals surface area (Å²) in [7, 11) is 1.58. The second-order valence-electron chi connectivity index (χ2n) is 4.10. The SMILES string of the molecule is COc1ccc(C(O)CNC(=O)c2ccc(Br)o2)cc1. The number of furan rings is 1. The highest BCUT2D eigenvalue weighted by atomic mass is 79.9. The lowest BCUT2D eigenvalue weighted by Crippen LogP contribution is -2.28. The Labute approximate surface area is 124 Å². The standard InChI is InChI=1S/C14H14BrNO4/c1-19-10-4-2-9(3-5-10)11(17)8-16-14(18)12-6-7-13(15)20-12/h2-7,11,17H,8H2,1H3,(H,16,18). The second-order valence-corrected chi connectivity index (χ2v) is 4.88. The lowest BCUT2D eigenvalue weighted by molar-refractivity contribution is 0.0887. The number of halogens is 1. The van der Waals surface area contributed by atoms with Gasteiger partial charge < -0.3 is 19.6 Å². The quantitative estimate of drug-likeness (QED) is 0.877. The third-order valence-corrected chi connectivity index (χ3v) is 3.18. The van der Waals surface area contributed by atoms with Crippen LogP contribution < -0.4 is 10.1 Å². The van der Waals surface area contributed by atoms with Crippen molar-refractivity contribution >= 4 is 21.8 Å². The molecule has 0 saturated carbocycles. The highest BCUT2D eigenvalue weighted by Crippen LogP contribution is 2.17. The number of nitrogens with one attached hydrogen (secondary N) is 1. The number of aliphatic hydroxyl groups is 1. The molecule has 20 heavy (non-hydrogen) atoms. The number of methoxy groups -OCH3 is 1. The third kappa shape index (κ3) is 3.61. The van der Waals surface area contributed by atoms with Crippen LogP contribution in [0.2, 0.25) is 0 Å². The van der Waals surface area contributed by atoms with E-state index in [1.165, 1.54) is 0 Å². The average molecular weight is 340 g/mol. The zero-order valence-corrected chi connectivity index (χ0v) is 12.4. The van der Waals surface area contributed by atoms with Crippen molar-refractivity contribution in [3.05, 3.63) is 52.4 Å². The molecule has 0 radical (unpaired) electrons. The largest absolute Gasteiger partial charge is 0.497 e. The van der Waals surface area contributed by atoms with Crippen molar-refractivity contribution in [2.75, 3.05) is 13.7 Å². The summed E-state index contributed by atoms with van der Waals surface area (Å²) < 4.78 is 10.6. The predicted molar refractivity (Wildman–Crippen MR) is 76.7 cm³/mol. The number of hydrogen-bond donors (Lipinski definition) is 2. The van der Waals surface area contributed by atoms with Gasteiger partial charge in [-0.1, -0.05) is 12.1 Å². The van der Waals surface area contributed by atoms with E-state index in [1.54, 1.807) is 43.5 Å². The first kappa shape index (κ1) is 14.6. The van der Waals surface area contributed by atoms with Crippen LogP contribution in [0.15, 0.2) is 45.5 Å². The number of ether oxygens (including phenoxy) is 1. The first-order chi connectivity index (χ1) is 9.60. The first-order valence-corrected chi connectivity index (χ1v) is 6.75. The second kappa shape index (κ2) is 6.58. The van der Waals surface area contributed by atoms with Gasteiger partial charge in [-0.05, 0) is 45.8 Å². The predicted octanol–water partition coefficient (Wildman–Crippen LogP) is 2.51. The van der Waals surface area contributed by atoms with E-state index in [0.717, 1.165) is 0 Å². The van der Waals surface area contributed by atoms with Crippen molar-refractivity contribution in [2.24, 2.45) is 0 Å². The fourth-order valence-electron chi connectivity index (χ4n) is 1.66. The molecule has 1 amide bonds. The maximum Gasteiger partial charge on any atom is 0.287 e. The van der Waals surface area contributed by atoms with E-state index < -0.39 is 6.10 Å². The van der Waals surface area contributed by atoms with Crippen LogP contribution in [0.5, 0.6) is 5.75 Å². The molecule has 1 heterocycles. The fourth-order valence-corrected chi connectivity index (χ4v) is 1.96. The molecular formula is C14H14BrNO4. The molecule has 1 atom stereocenters. The average Bonchev–Trinajstić information content (AvgIpc) is 2.91. The number of amides is 1. The minimum absolute atomic E-state index is 0.101. The maximum atomic E-state index is 11.7. The smallest absolute Gasteiger partial charge is 0.287 e. The molecule has 0 aliphatic rings. The molecule has 6 heteroatoms. The van der Waals surface area contributed by atoms with Crippen LogP contribution in [-0.2, 0) is 0 Å². The number of carbonyl (C=O) groups excluding carboxylic acids is 1. The summed E-state index contributed by atoms with van der Waals surface area (Å²) in [6.45, 7) is 0.101. The molecule has 2 N–H and O–H groups in total. The summed E-state index contributed by atoms with van der Waals surface area (Å²) in [4.78, 5) is 11.7. The Kier molecular flexibility index (Phi) is 4.81.